The van der Waals surface area contributed by atoms with Crippen LogP contribution in [0.15, 0.2) is 42.5 Å². The van der Waals surface area contributed by atoms with Crippen LogP contribution < -0.4 is 25.0 Å². The average molecular weight is 412 g/mol. The number of thiocarbonyl (C=S) groups is 1. The fraction of sp³-hybridized carbons (Fsp3) is 0.435. The fourth-order valence-corrected chi connectivity index (χ4v) is 4.26. The zero-order valence-electron chi connectivity index (χ0n) is 17.1. The number of hydrogen-bond acceptors (Lipinski definition) is 4. The number of nitrogens with zero attached hydrogens (tertiary/aromatic N) is 1. The average Bonchev–Trinajstić information content (AvgIpc) is 2.73. The van der Waals surface area contributed by atoms with Crippen LogP contribution in [-0.4, -0.2) is 31.4 Å². The molecular weight excluding hydrogens is 382 g/mol. The van der Waals surface area contributed by atoms with Crippen molar-refractivity contribution in [3.8, 4) is 11.5 Å². The zero-order valence-corrected chi connectivity index (χ0v) is 17.9. The van der Waals surface area contributed by atoms with E-state index in [9.17, 15) is 0 Å². The Morgan fingerprint density at radius 3 is 2.62 bits per heavy atom. The lowest BCUT2D eigenvalue weighted by Crippen LogP contribution is -2.34. The van der Waals surface area contributed by atoms with E-state index in [0.717, 1.165) is 36.2 Å². The van der Waals surface area contributed by atoms with Crippen molar-refractivity contribution in [2.45, 2.75) is 32.7 Å². The van der Waals surface area contributed by atoms with Crippen LogP contribution in [0.25, 0.3) is 0 Å². The van der Waals surface area contributed by atoms with Crippen molar-refractivity contribution >= 4 is 28.7 Å². The molecule has 2 aromatic rings. The molecule has 0 amide bonds. The van der Waals surface area contributed by atoms with E-state index in [1.807, 2.05) is 18.2 Å². The van der Waals surface area contributed by atoms with Gasteiger partial charge in [0, 0.05) is 30.5 Å². The molecule has 2 aromatic carbocycles. The number of fused-ring (bicyclic) bond motifs is 1. The van der Waals surface area contributed by atoms with E-state index in [1.165, 1.54) is 24.1 Å². The largest absolute Gasteiger partial charge is 0.486 e. The molecule has 2 atom stereocenters. The minimum atomic E-state index is 0.113. The SMILES string of the molecule is CC1CCCN(c2ccc(C(C)NC(=S)Nc3ccc4c(c3)OCCO4)cc2)C1. The van der Waals surface area contributed by atoms with E-state index >= 15 is 0 Å². The summed E-state index contributed by atoms with van der Waals surface area (Å²) in [5.41, 5.74) is 3.41. The van der Waals surface area contributed by atoms with E-state index in [-0.39, 0.29) is 6.04 Å². The second-order valence-electron chi connectivity index (χ2n) is 7.96. The molecule has 1 fully saturated rings. The normalized spacial score (nSPS) is 19.4. The first kappa shape index (κ1) is 19.8. The molecule has 154 valence electrons. The third-order valence-electron chi connectivity index (χ3n) is 5.56. The van der Waals surface area contributed by atoms with Crippen LogP contribution in [0.1, 0.15) is 38.3 Å². The van der Waals surface area contributed by atoms with Gasteiger partial charge in [0.05, 0.1) is 6.04 Å². The van der Waals surface area contributed by atoms with Gasteiger partial charge in [-0.05, 0) is 67.7 Å². The summed E-state index contributed by atoms with van der Waals surface area (Å²) in [7, 11) is 0. The predicted octanol–water partition coefficient (Wildman–Crippen LogP) is 4.74. The highest BCUT2D eigenvalue weighted by Gasteiger charge is 2.17. The Morgan fingerprint density at radius 1 is 1.10 bits per heavy atom. The molecule has 0 aliphatic carbocycles. The van der Waals surface area contributed by atoms with E-state index in [4.69, 9.17) is 21.7 Å². The van der Waals surface area contributed by atoms with Gasteiger partial charge in [0.2, 0.25) is 0 Å². The Bertz CT molecular complexity index is 856. The Kier molecular flexibility index (Phi) is 6.09. The highest BCUT2D eigenvalue weighted by atomic mass is 32.1. The lowest BCUT2D eigenvalue weighted by molar-refractivity contribution is 0.171. The maximum absolute atomic E-state index is 5.63. The van der Waals surface area contributed by atoms with Gasteiger partial charge in [-0.1, -0.05) is 19.1 Å². The molecule has 4 rings (SSSR count). The molecule has 0 saturated carbocycles. The third kappa shape index (κ3) is 4.93. The number of anilines is 2. The maximum atomic E-state index is 5.63. The molecule has 2 aliphatic rings. The molecule has 6 heteroatoms. The minimum absolute atomic E-state index is 0.113. The Morgan fingerprint density at radius 2 is 1.86 bits per heavy atom. The molecule has 1 saturated heterocycles. The van der Waals surface area contributed by atoms with Gasteiger partial charge in [-0.2, -0.15) is 0 Å². The van der Waals surface area contributed by atoms with Crippen LogP contribution in [0.5, 0.6) is 11.5 Å². The van der Waals surface area contributed by atoms with Gasteiger partial charge in [-0.3, -0.25) is 0 Å². The van der Waals surface area contributed by atoms with Crippen LogP contribution in [0.2, 0.25) is 0 Å². The molecule has 0 radical (unpaired) electrons. The van der Waals surface area contributed by atoms with Crippen LogP contribution in [-0.2, 0) is 0 Å². The molecule has 2 aliphatic heterocycles. The highest BCUT2D eigenvalue weighted by molar-refractivity contribution is 7.80. The summed E-state index contributed by atoms with van der Waals surface area (Å²) in [6, 6.07) is 14.7. The van der Waals surface area contributed by atoms with Crippen molar-refractivity contribution in [1.29, 1.82) is 0 Å². The molecule has 0 spiro atoms. The Hall–Kier alpha value is -2.47. The summed E-state index contributed by atoms with van der Waals surface area (Å²) in [4.78, 5) is 2.49. The van der Waals surface area contributed by atoms with Crippen LogP contribution in [0, 0.1) is 5.92 Å². The Labute approximate surface area is 178 Å². The summed E-state index contributed by atoms with van der Waals surface area (Å²) < 4.78 is 11.2. The maximum Gasteiger partial charge on any atom is 0.171 e. The molecule has 2 heterocycles. The molecule has 2 unspecified atom stereocenters. The van der Waals surface area contributed by atoms with Gasteiger partial charge in [0.15, 0.2) is 16.6 Å². The summed E-state index contributed by atoms with van der Waals surface area (Å²) in [6.07, 6.45) is 2.62. The van der Waals surface area contributed by atoms with Crippen LogP contribution >= 0.6 is 12.2 Å². The first-order chi connectivity index (χ1) is 14.1. The number of piperidine rings is 1. The minimum Gasteiger partial charge on any atom is -0.486 e. The number of ether oxygens (including phenoxy) is 2. The van der Waals surface area contributed by atoms with Crippen molar-refractivity contribution in [1.82, 2.24) is 5.32 Å². The van der Waals surface area contributed by atoms with Crippen molar-refractivity contribution in [2.24, 2.45) is 5.92 Å². The van der Waals surface area contributed by atoms with Gasteiger partial charge in [-0.15, -0.1) is 0 Å². The van der Waals surface area contributed by atoms with E-state index in [1.54, 1.807) is 0 Å². The van der Waals surface area contributed by atoms with Gasteiger partial charge in [0.25, 0.3) is 0 Å². The van der Waals surface area contributed by atoms with Gasteiger partial charge >= 0.3 is 0 Å². The van der Waals surface area contributed by atoms with Crippen LogP contribution in [0.4, 0.5) is 11.4 Å². The van der Waals surface area contributed by atoms with Gasteiger partial charge < -0.3 is 25.0 Å². The second kappa shape index (κ2) is 8.91. The smallest absolute Gasteiger partial charge is 0.171 e. The van der Waals surface area contributed by atoms with Crippen molar-refractivity contribution in [3.63, 3.8) is 0 Å². The van der Waals surface area contributed by atoms with Crippen LogP contribution in [0.3, 0.4) is 0 Å². The lowest BCUT2D eigenvalue weighted by atomic mass is 9.99. The van der Waals surface area contributed by atoms with Crippen molar-refractivity contribution in [3.05, 3.63) is 48.0 Å². The number of rotatable bonds is 4. The van der Waals surface area contributed by atoms with Gasteiger partial charge in [-0.25, -0.2) is 0 Å². The molecule has 0 bridgehead atoms. The van der Waals surface area contributed by atoms with Crippen molar-refractivity contribution in [2.75, 3.05) is 36.5 Å². The van der Waals surface area contributed by atoms with Gasteiger partial charge in [0.1, 0.15) is 13.2 Å². The van der Waals surface area contributed by atoms with E-state index in [2.05, 4.69) is 53.6 Å². The second-order valence-corrected chi connectivity index (χ2v) is 8.37. The molecular formula is C23H29N3O2S. The highest BCUT2D eigenvalue weighted by Crippen LogP contribution is 2.32. The third-order valence-corrected chi connectivity index (χ3v) is 5.78. The summed E-state index contributed by atoms with van der Waals surface area (Å²) in [6.45, 7) is 7.92. The topological polar surface area (TPSA) is 45.8 Å². The quantitative estimate of drug-likeness (QED) is 0.709. The molecule has 2 N–H and O–H groups in total. The monoisotopic (exact) mass is 411 g/mol. The first-order valence-electron chi connectivity index (χ1n) is 10.4. The summed E-state index contributed by atoms with van der Waals surface area (Å²) in [5.74, 6) is 2.30. The van der Waals surface area contributed by atoms with Crippen molar-refractivity contribution < 1.29 is 9.47 Å². The number of benzene rings is 2. The molecule has 5 nitrogen and oxygen atoms in total. The molecule has 0 aromatic heterocycles. The zero-order chi connectivity index (χ0) is 20.2. The number of nitrogens with one attached hydrogen (secondary N) is 2. The summed E-state index contributed by atoms with van der Waals surface area (Å²) in [5, 5.41) is 7.19. The lowest BCUT2D eigenvalue weighted by Gasteiger charge is -2.33. The van der Waals surface area contributed by atoms with E-state index < -0.39 is 0 Å². The van der Waals surface area contributed by atoms with E-state index in [0.29, 0.717) is 18.3 Å². The fourth-order valence-electron chi connectivity index (χ4n) is 3.97. The standard InChI is InChI=1S/C23H29N3O2S/c1-16-4-3-11-26(15-16)20-8-5-18(6-9-20)17(2)24-23(29)25-19-7-10-21-22(14-19)28-13-12-27-21/h5-10,14,16-17H,3-4,11-13,15H2,1-2H3,(H2,24,25,29). The predicted molar refractivity (Wildman–Crippen MR) is 122 cm³/mol. The number of hydrogen-bond donors (Lipinski definition) is 2. The summed E-state index contributed by atoms with van der Waals surface area (Å²) >= 11 is 5.51. The molecule has 29 heavy (non-hydrogen) atoms. The Balaban J connectivity index is 1.33. The first-order valence-corrected chi connectivity index (χ1v) is 10.8.